The van der Waals surface area contributed by atoms with Crippen molar-refractivity contribution in [1.82, 2.24) is 5.32 Å². The van der Waals surface area contributed by atoms with Gasteiger partial charge in [-0.2, -0.15) is 0 Å². The summed E-state index contributed by atoms with van der Waals surface area (Å²) in [6.45, 7) is 6.30. The van der Waals surface area contributed by atoms with Crippen LogP contribution in [0.4, 0.5) is 5.00 Å². The third-order valence-electron chi connectivity index (χ3n) is 2.92. The standard InChI is InChI=1S/C17H18N2O2S2/c1-3-10-18-17(22)19-15-13(16(20)21-4-2)11-14(23-15)12-8-6-5-7-9-12/h3,5-9,11H,1,4,10H2,2H3,(H2,18,19,22). The lowest BCUT2D eigenvalue weighted by Crippen LogP contribution is -2.28. The normalized spacial score (nSPS) is 9.96. The van der Waals surface area contributed by atoms with Crippen LogP contribution in [0.25, 0.3) is 10.4 Å². The van der Waals surface area contributed by atoms with E-state index < -0.39 is 0 Å². The molecule has 23 heavy (non-hydrogen) atoms. The molecule has 0 saturated heterocycles. The van der Waals surface area contributed by atoms with Crippen LogP contribution >= 0.6 is 23.6 Å². The summed E-state index contributed by atoms with van der Waals surface area (Å²) in [4.78, 5) is 13.1. The summed E-state index contributed by atoms with van der Waals surface area (Å²) < 4.78 is 5.13. The van der Waals surface area contributed by atoms with Gasteiger partial charge in [-0.15, -0.1) is 17.9 Å². The van der Waals surface area contributed by atoms with Crippen molar-refractivity contribution in [3.05, 3.63) is 54.6 Å². The van der Waals surface area contributed by atoms with Gasteiger partial charge < -0.3 is 15.4 Å². The van der Waals surface area contributed by atoms with E-state index in [2.05, 4.69) is 17.2 Å². The molecule has 0 spiro atoms. The molecule has 0 unspecified atom stereocenters. The molecule has 4 nitrogen and oxygen atoms in total. The first-order valence-electron chi connectivity index (χ1n) is 7.17. The Morgan fingerprint density at radius 2 is 2.13 bits per heavy atom. The maximum Gasteiger partial charge on any atom is 0.341 e. The molecule has 120 valence electrons. The number of thiophene rings is 1. The first-order chi connectivity index (χ1) is 11.2. The Hall–Kier alpha value is -2.18. The minimum atomic E-state index is -0.361. The van der Waals surface area contributed by atoms with Crippen molar-refractivity contribution >= 4 is 39.6 Å². The number of nitrogens with one attached hydrogen (secondary N) is 2. The Morgan fingerprint density at radius 3 is 2.78 bits per heavy atom. The van der Waals surface area contributed by atoms with E-state index in [-0.39, 0.29) is 5.97 Å². The van der Waals surface area contributed by atoms with Crippen LogP contribution in [0.5, 0.6) is 0 Å². The zero-order valence-electron chi connectivity index (χ0n) is 12.8. The van der Waals surface area contributed by atoms with Crippen molar-refractivity contribution in [2.24, 2.45) is 0 Å². The molecule has 0 saturated carbocycles. The Morgan fingerprint density at radius 1 is 1.39 bits per heavy atom. The van der Waals surface area contributed by atoms with Gasteiger partial charge in [-0.05, 0) is 30.8 Å². The summed E-state index contributed by atoms with van der Waals surface area (Å²) in [5, 5.41) is 7.16. The van der Waals surface area contributed by atoms with E-state index in [9.17, 15) is 4.79 Å². The molecule has 0 aliphatic rings. The molecule has 0 amide bonds. The van der Waals surface area contributed by atoms with E-state index >= 15 is 0 Å². The maximum atomic E-state index is 12.2. The molecule has 0 atom stereocenters. The van der Waals surface area contributed by atoms with Crippen LogP contribution < -0.4 is 10.6 Å². The van der Waals surface area contributed by atoms with Gasteiger partial charge in [0.1, 0.15) is 5.00 Å². The molecule has 0 bridgehead atoms. The van der Waals surface area contributed by atoms with Crippen LogP contribution in [-0.4, -0.2) is 24.2 Å². The van der Waals surface area contributed by atoms with Gasteiger partial charge in [0.15, 0.2) is 5.11 Å². The van der Waals surface area contributed by atoms with Gasteiger partial charge in [0.25, 0.3) is 0 Å². The number of ether oxygens (including phenoxy) is 1. The van der Waals surface area contributed by atoms with Crippen molar-refractivity contribution in [3.63, 3.8) is 0 Å². The first kappa shape index (κ1) is 17.2. The van der Waals surface area contributed by atoms with Crippen LogP contribution in [0, 0.1) is 0 Å². The van der Waals surface area contributed by atoms with E-state index in [1.54, 1.807) is 13.0 Å². The van der Waals surface area contributed by atoms with E-state index in [1.165, 1.54) is 11.3 Å². The topological polar surface area (TPSA) is 50.4 Å². The fourth-order valence-corrected chi connectivity index (χ4v) is 3.21. The Kier molecular flexibility index (Phi) is 6.31. The molecule has 1 aromatic carbocycles. The van der Waals surface area contributed by atoms with Gasteiger partial charge in [-0.3, -0.25) is 0 Å². The van der Waals surface area contributed by atoms with Crippen molar-refractivity contribution in [3.8, 4) is 10.4 Å². The summed E-state index contributed by atoms with van der Waals surface area (Å²) in [7, 11) is 0. The number of anilines is 1. The maximum absolute atomic E-state index is 12.2. The average molecular weight is 346 g/mol. The van der Waals surface area contributed by atoms with Crippen molar-refractivity contribution in [2.45, 2.75) is 6.92 Å². The molecule has 0 aliphatic heterocycles. The molecule has 0 fully saturated rings. The number of thiocarbonyl (C=S) groups is 1. The number of carbonyl (C=O) groups is 1. The van der Waals surface area contributed by atoms with Gasteiger partial charge in [-0.25, -0.2) is 4.79 Å². The zero-order valence-corrected chi connectivity index (χ0v) is 14.4. The molecule has 1 aromatic heterocycles. The van der Waals surface area contributed by atoms with E-state index in [1.807, 2.05) is 36.4 Å². The molecule has 1 heterocycles. The van der Waals surface area contributed by atoms with Gasteiger partial charge in [0, 0.05) is 11.4 Å². The van der Waals surface area contributed by atoms with Gasteiger partial charge in [-0.1, -0.05) is 36.4 Å². The molecule has 2 rings (SSSR count). The van der Waals surface area contributed by atoms with E-state index in [4.69, 9.17) is 17.0 Å². The van der Waals surface area contributed by atoms with Crippen LogP contribution in [-0.2, 0) is 4.74 Å². The summed E-state index contributed by atoms with van der Waals surface area (Å²) in [6.07, 6.45) is 1.71. The second-order valence-corrected chi connectivity index (χ2v) is 6.02. The third-order valence-corrected chi connectivity index (χ3v) is 4.27. The quantitative estimate of drug-likeness (QED) is 0.469. The number of rotatable bonds is 6. The SMILES string of the molecule is C=CCNC(=S)Nc1sc(-c2ccccc2)cc1C(=O)OCC. The highest BCUT2D eigenvalue weighted by molar-refractivity contribution is 7.80. The van der Waals surface area contributed by atoms with Crippen molar-refractivity contribution in [1.29, 1.82) is 0 Å². The minimum Gasteiger partial charge on any atom is -0.462 e. The highest BCUT2D eigenvalue weighted by Gasteiger charge is 2.18. The second kappa shape index (κ2) is 8.45. The number of esters is 1. The average Bonchev–Trinajstić information content (AvgIpc) is 2.98. The lowest BCUT2D eigenvalue weighted by molar-refractivity contribution is 0.0528. The molecule has 0 aliphatic carbocycles. The summed E-state index contributed by atoms with van der Waals surface area (Å²) in [6, 6.07) is 11.7. The molecule has 0 radical (unpaired) electrons. The highest BCUT2D eigenvalue weighted by Crippen LogP contribution is 2.35. The fraction of sp³-hybridized carbons (Fsp3) is 0.176. The van der Waals surface area contributed by atoms with E-state index in [0.29, 0.717) is 28.8 Å². The molecule has 2 aromatic rings. The summed E-state index contributed by atoms with van der Waals surface area (Å²) in [5.74, 6) is -0.361. The van der Waals surface area contributed by atoms with Crippen LogP contribution in [0.2, 0.25) is 0 Å². The monoisotopic (exact) mass is 346 g/mol. The van der Waals surface area contributed by atoms with Gasteiger partial charge >= 0.3 is 5.97 Å². The predicted molar refractivity (Wildman–Crippen MR) is 100 cm³/mol. The zero-order chi connectivity index (χ0) is 16.7. The first-order valence-corrected chi connectivity index (χ1v) is 8.40. The summed E-state index contributed by atoms with van der Waals surface area (Å²) in [5.41, 5.74) is 1.53. The van der Waals surface area contributed by atoms with Gasteiger partial charge in [0.2, 0.25) is 0 Å². The number of hydrogen-bond donors (Lipinski definition) is 2. The second-order valence-electron chi connectivity index (χ2n) is 4.56. The molecule has 2 N–H and O–H groups in total. The van der Waals surface area contributed by atoms with Crippen LogP contribution in [0.3, 0.4) is 0 Å². The predicted octanol–water partition coefficient (Wildman–Crippen LogP) is 4.06. The lowest BCUT2D eigenvalue weighted by Gasteiger charge is -2.08. The number of carbonyl (C=O) groups excluding carboxylic acids is 1. The highest BCUT2D eigenvalue weighted by atomic mass is 32.1. The smallest absolute Gasteiger partial charge is 0.341 e. The third kappa shape index (κ3) is 4.64. The molecular formula is C17H18N2O2S2. The van der Waals surface area contributed by atoms with Crippen molar-refractivity contribution in [2.75, 3.05) is 18.5 Å². The Balaban J connectivity index is 2.30. The van der Waals surface area contributed by atoms with Gasteiger partial charge in [0.05, 0.1) is 12.2 Å². The minimum absolute atomic E-state index is 0.327. The van der Waals surface area contributed by atoms with Crippen LogP contribution in [0.1, 0.15) is 17.3 Å². The fourth-order valence-electron chi connectivity index (χ4n) is 1.90. The van der Waals surface area contributed by atoms with Crippen LogP contribution in [0.15, 0.2) is 49.1 Å². The number of benzene rings is 1. The summed E-state index contributed by atoms with van der Waals surface area (Å²) >= 11 is 6.69. The molecule has 6 heteroatoms. The number of hydrogen-bond acceptors (Lipinski definition) is 4. The molecular weight excluding hydrogens is 328 g/mol. The van der Waals surface area contributed by atoms with E-state index in [0.717, 1.165) is 10.4 Å². The Labute approximate surface area is 145 Å². The van der Waals surface area contributed by atoms with Crippen molar-refractivity contribution < 1.29 is 9.53 Å². The Bertz CT molecular complexity index is 696. The largest absolute Gasteiger partial charge is 0.462 e. The lowest BCUT2D eigenvalue weighted by atomic mass is 10.1.